The molecule has 5 nitrogen and oxygen atoms in total. The Bertz CT molecular complexity index is 524. The van der Waals surface area contributed by atoms with Crippen molar-refractivity contribution in [2.45, 2.75) is 32.4 Å². The number of β-amino-alcohol motifs (C(OH)–C–C–N with tert-alkyl or cyclic N) is 1. The van der Waals surface area contributed by atoms with Crippen molar-refractivity contribution in [3.8, 4) is 0 Å². The first-order chi connectivity index (χ1) is 11.1. The Morgan fingerprint density at radius 2 is 2.00 bits per heavy atom. The van der Waals surface area contributed by atoms with E-state index in [0.717, 1.165) is 58.8 Å². The van der Waals surface area contributed by atoms with Crippen LogP contribution in [-0.2, 0) is 17.8 Å². The van der Waals surface area contributed by atoms with Crippen molar-refractivity contribution in [1.29, 1.82) is 0 Å². The Morgan fingerprint density at radius 3 is 2.74 bits per heavy atom. The summed E-state index contributed by atoms with van der Waals surface area (Å²) in [6.45, 7) is 9.07. The fourth-order valence-electron chi connectivity index (χ4n) is 3.44. The number of aliphatic hydroxyl groups is 1. The smallest absolute Gasteiger partial charge is 0.224 e. The highest BCUT2D eigenvalue weighted by molar-refractivity contribution is 7.10. The van der Waals surface area contributed by atoms with Crippen molar-refractivity contribution in [2.24, 2.45) is 0 Å². The van der Waals surface area contributed by atoms with Gasteiger partial charge in [-0.3, -0.25) is 9.69 Å². The van der Waals surface area contributed by atoms with E-state index in [0.29, 0.717) is 6.42 Å². The number of rotatable bonds is 5. The highest BCUT2D eigenvalue weighted by Crippen LogP contribution is 2.24. The second-order valence-corrected chi connectivity index (χ2v) is 7.68. The van der Waals surface area contributed by atoms with Gasteiger partial charge in [0.25, 0.3) is 0 Å². The number of thiophene rings is 1. The van der Waals surface area contributed by atoms with Gasteiger partial charge in [-0.25, -0.2) is 0 Å². The molecule has 1 aromatic heterocycles. The summed E-state index contributed by atoms with van der Waals surface area (Å²) in [6, 6.07) is 2.15. The Hall–Kier alpha value is -0.950. The maximum atomic E-state index is 12.4. The number of aliphatic hydroxyl groups excluding tert-OH is 1. The van der Waals surface area contributed by atoms with Crippen LogP contribution in [0.2, 0.25) is 0 Å². The SMILES string of the molecule is C[C@@H](O)CN1CCN(CCC(=O)N2CCc3sccc3C2)CC1. The lowest BCUT2D eigenvalue weighted by Crippen LogP contribution is -2.49. The van der Waals surface area contributed by atoms with E-state index in [9.17, 15) is 9.90 Å². The van der Waals surface area contributed by atoms with Crippen LogP contribution in [0.25, 0.3) is 0 Å². The van der Waals surface area contributed by atoms with E-state index in [1.54, 1.807) is 0 Å². The van der Waals surface area contributed by atoms with Crippen LogP contribution in [0.4, 0.5) is 0 Å². The molecule has 0 radical (unpaired) electrons. The minimum atomic E-state index is -0.260. The average molecular weight is 337 g/mol. The number of piperazine rings is 1. The highest BCUT2D eigenvalue weighted by atomic mass is 32.1. The molecule has 0 spiro atoms. The molecular formula is C17H27N3O2S. The monoisotopic (exact) mass is 337 g/mol. The van der Waals surface area contributed by atoms with Gasteiger partial charge in [-0.15, -0.1) is 11.3 Å². The molecule has 1 atom stereocenters. The minimum absolute atomic E-state index is 0.260. The van der Waals surface area contributed by atoms with Gasteiger partial charge in [0.05, 0.1) is 6.10 Å². The summed E-state index contributed by atoms with van der Waals surface area (Å²) in [6.07, 6.45) is 1.37. The van der Waals surface area contributed by atoms with Crippen molar-refractivity contribution in [2.75, 3.05) is 45.8 Å². The van der Waals surface area contributed by atoms with E-state index >= 15 is 0 Å². The van der Waals surface area contributed by atoms with Crippen LogP contribution in [0.1, 0.15) is 23.8 Å². The van der Waals surface area contributed by atoms with Gasteiger partial charge in [-0.05, 0) is 30.4 Å². The first-order valence-electron chi connectivity index (χ1n) is 8.57. The van der Waals surface area contributed by atoms with Gasteiger partial charge in [-0.2, -0.15) is 0 Å². The number of hydrogen-bond acceptors (Lipinski definition) is 5. The summed E-state index contributed by atoms with van der Waals surface area (Å²) in [5, 5.41) is 11.6. The third-order valence-corrected chi connectivity index (χ3v) is 5.81. The molecule has 0 saturated carbocycles. The molecule has 2 aliphatic heterocycles. The van der Waals surface area contributed by atoms with Crippen LogP contribution in [0.15, 0.2) is 11.4 Å². The van der Waals surface area contributed by atoms with Gasteiger partial charge in [-0.1, -0.05) is 0 Å². The second kappa shape index (κ2) is 7.75. The topological polar surface area (TPSA) is 47.0 Å². The Balaban J connectivity index is 1.39. The van der Waals surface area contributed by atoms with Crippen LogP contribution < -0.4 is 0 Å². The molecule has 3 rings (SSSR count). The van der Waals surface area contributed by atoms with E-state index < -0.39 is 0 Å². The van der Waals surface area contributed by atoms with Crippen LogP contribution in [0.5, 0.6) is 0 Å². The molecule has 1 N–H and O–H groups in total. The summed E-state index contributed by atoms with van der Waals surface area (Å²) >= 11 is 1.81. The van der Waals surface area contributed by atoms with E-state index in [2.05, 4.69) is 21.2 Å². The number of hydrogen-bond donors (Lipinski definition) is 1. The molecule has 128 valence electrons. The third kappa shape index (κ3) is 4.53. The fourth-order valence-corrected chi connectivity index (χ4v) is 4.33. The number of carbonyl (C=O) groups is 1. The van der Waals surface area contributed by atoms with Gasteiger partial charge in [0.2, 0.25) is 5.91 Å². The first kappa shape index (κ1) is 16.9. The predicted octanol–water partition coefficient (Wildman–Crippen LogP) is 1.02. The van der Waals surface area contributed by atoms with E-state index in [-0.39, 0.29) is 12.0 Å². The lowest BCUT2D eigenvalue weighted by molar-refractivity contribution is -0.132. The summed E-state index contributed by atoms with van der Waals surface area (Å²) in [4.78, 5) is 20.6. The molecular weight excluding hydrogens is 310 g/mol. The quantitative estimate of drug-likeness (QED) is 0.872. The zero-order chi connectivity index (χ0) is 16.2. The summed E-state index contributed by atoms with van der Waals surface area (Å²) in [5.41, 5.74) is 1.33. The van der Waals surface area contributed by atoms with E-state index in [1.165, 1.54) is 10.4 Å². The molecule has 1 fully saturated rings. The van der Waals surface area contributed by atoms with Gasteiger partial charge < -0.3 is 14.9 Å². The van der Waals surface area contributed by atoms with E-state index in [1.807, 2.05) is 23.2 Å². The predicted molar refractivity (Wildman–Crippen MR) is 92.6 cm³/mol. The molecule has 6 heteroatoms. The zero-order valence-electron chi connectivity index (χ0n) is 13.9. The largest absolute Gasteiger partial charge is 0.392 e. The molecule has 1 saturated heterocycles. The normalized spacial score (nSPS) is 21.2. The lowest BCUT2D eigenvalue weighted by atomic mass is 10.1. The van der Waals surface area contributed by atoms with Crippen LogP contribution >= 0.6 is 11.3 Å². The van der Waals surface area contributed by atoms with Gasteiger partial charge >= 0.3 is 0 Å². The molecule has 23 heavy (non-hydrogen) atoms. The van der Waals surface area contributed by atoms with Crippen molar-refractivity contribution in [3.05, 3.63) is 21.9 Å². The standard InChI is InChI=1S/C17H27N3O2S/c1-14(21)12-19-9-7-18(8-10-19)5-3-17(22)20-6-2-16-15(13-20)4-11-23-16/h4,11,14,21H,2-3,5-10,12-13H2,1H3/t14-/m1/s1. The fraction of sp³-hybridized carbons (Fsp3) is 0.706. The van der Waals surface area contributed by atoms with Crippen LogP contribution in [0, 0.1) is 0 Å². The minimum Gasteiger partial charge on any atom is -0.392 e. The molecule has 2 aliphatic rings. The summed E-state index contributed by atoms with van der Waals surface area (Å²) < 4.78 is 0. The first-order valence-corrected chi connectivity index (χ1v) is 9.45. The maximum Gasteiger partial charge on any atom is 0.224 e. The number of fused-ring (bicyclic) bond motifs is 1. The molecule has 0 unspecified atom stereocenters. The lowest BCUT2D eigenvalue weighted by Gasteiger charge is -2.35. The number of carbonyl (C=O) groups excluding carboxylic acids is 1. The Labute approximate surface area is 142 Å². The van der Waals surface area contributed by atoms with Gasteiger partial charge in [0.1, 0.15) is 0 Å². The number of amides is 1. The zero-order valence-corrected chi connectivity index (χ0v) is 14.7. The van der Waals surface area contributed by atoms with Crippen molar-refractivity contribution < 1.29 is 9.90 Å². The van der Waals surface area contributed by atoms with Crippen LogP contribution in [-0.4, -0.2) is 77.6 Å². The molecule has 0 aliphatic carbocycles. The second-order valence-electron chi connectivity index (χ2n) is 6.68. The van der Waals surface area contributed by atoms with Crippen molar-refractivity contribution >= 4 is 17.2 Å². The molecule has 0 aromatic carbocycles. The van der Waals surface area contributed by atoms with Crippen molar-refractivity contribution in [1.82, 2.24) is 14.7 Å². The average Bonchev–Trinajstić information content (AvgIpc) is 3.01. The van der Waals surface area contributed by atoms with E-state index in [4.69, 9.17) is 0 Å². The highest BCUT2D eigenvalue weighted by Gasteiger charge is 2.23. The Kier molecular flexibility index (Phi) is 5.69. The summed E-state index contributed by atoms with van der Waals surface area (Å²) in [5.74, 6) is 0.285. The molecule has 1 amide bonds. The van der Waals surface area contributed by atoms with Crippen molar-refractivity contribution in [3.63, 3.8) is 0 Å². The molecule has 1 aromatic rings. The summed E-state index contributed by atoms with van der Waals surface area (Å²) in [7, 11) is 0. The van der Waals surface area contributed by atoms with Crippen LogP contribution in [0.3, 0.4) is 0 Å². The third-order valence-electron chi connectivity index (χ3n) is 4.79. The Morgan fingerprint density at radius 1 is 1.26 bits per heavy atom. The maximum absolute atomic E-state index is 12.4. The molecule has 3 heterocycles. The molecule has 0 bridgehead atoms. The van der Waals surface area contributed by atoms with Gasteiger partial charge in [0.15, 0.2) is 0 Å². The van der Waals surface area contributed by atoms with Gasteiger partial charge in [0, 0.05) is 63.7 Å². The number of nitrogens with zero attached hydrogens (tertiary/aromatic N) is 3.